The molecule has 0 spiro atoms. The molecule has 1 aromatic heterocycles. The number of rotatable bonds is 4. The first kappa shape index (κ1) is 13.5. The van der Waals surface area contributed by atoms with E-state index in [1.165, 1.54) is 12.3 Å². The van der Waals surface area contributed by atoms with Crippen LogP contribution in [0, 0.1) is 0 Å². The fourth-order valence-electron chi connectivity index (χ4n) is 1.60. The van der Waals surface area contributed by atoms with Gasteiger partial charge in [-0.3, -0.25) is 14.4 Å². The Morgan fingerprint density at radius 1 is 1.30 bits per heavy atom. The molecule has 2 rings (SSSR count). The normalized spacial score (nSPS) is 10.8. The molecule has 0 radical (unpaired) electrons. The van der Waals surface area contributed by atoms with Crippen LogP contribution < -0.4 is 10.7 Å². The zero-order valence-electron chi connectivity index (χ0n) is 10.3. The second-order valence-electron chi connectivity index (χ2n) is 3.96. The zero-order chi connectivity index (χ0) is 14.5. The lowest BCUT2D eigenvalue weighted by atomic mass is 10.1. The first-order valence-electron chi connectivity index (χ1n) is 5.76. The van der Waals surface area contributed by atoms with E-state index in [0.717, 1.165) is 6.08 Å². The Morgan fingerprint density at radius 2 is 2.05 bits per heavy atom. The number of carboxylic acid groups (broad SMARTS) is 1. The van der Waals surface area contributed by atoms with Crippen LogP contribution in [0.4, 0.5) is 0 Å². The Labute approximate surface area is 113 Å². The smallest absolute Gasteiger partial charge is 0.322 e. The van der Waals surface area contributed by atoms with Gasteiger partial charge in [-0.05, 0) is 18.2 Å². The summed E-state index contributed by atoms with van der Waals surface area (Å²) < 4.78 is 5.28. The summed E-state index contributed by atoms with van der Waals surface area (Å²) in [6.07, 6.45) is 3.63. The van der Waals surface area contributed by atoms with Crippen LogP contribution >= 0.6 is 0 Å². The van der Waals surface area contributed by atoms with E-state index in [-0.39, 0.29) is 11.0 Å². The first-order chi connectivity index (χ1) is 9.58. The van der Waals surface area contributed by atoms with Gasteiger partial charge in [0.05, 0.1) is 10.9 Å². The molecule has 0 atom stereocenters. The lowest BCUT2D eigenvalue weighted by Crippen LogP contribution is -2.27. The Kier molecular flexibility index (Phi) is 3.95. The number of benzene rings is 1. The molecule has 2 aromatic rings. The van der Waals surface area contributed by atoms with Crippen LogP contribution in [0.2, 0.25) is 0 Å². The third-order valence-corrected chi connectivity index (χ3v) is 2.53. The molecule has 0 aliphatic rings. The van der Waals surface area contributed by atoms with Crippen LogP contribution in [-0.2, 0) is 9.59 Å². The average molecular weight is 273 g/mol. The van der Waals surface area contributed by atoms with Gasteiger partial charge in [0.2, 0.25) is 5.91 Å². The summed E-state index contributed by atoms with van der Waals surface area (Å²) in [4.78, 5) is 33.6. The van der Waals surface area contributed by atoms with E-state index in [1.54, 1.807) is 24.3 Å². The molecule has 6 nitrogen and oxygen atoms in total. The second kappa shape index (κ2) is 5.83. The Hall–Kier alpha value is -2.89. The molecule has 2 N–H and O–H groups in total. The minimum absolute atomic E-state index is 0.217. The van der Waals surface area contributed by atoms with Crippen LogP contribution in [0.25, 0.3) is 17.0 Å². The standard InChI is InChI=1S/C14H11NO5/c16-12(15-7-13(17)18)6-5-9-8-20-11-4-2-1-3-10(11)14(9)19/h1-6,8H,7H2,(H,15,16)(H,17,18)/b6-5+. The monoisotopic (exact) mass is 273 g/mol. The van der Waals surface area contributed by atoms with E-state index in [2.05, 4.69) is 5.32 Å². The van der Waals surface area contributed by atoms with Crippen molar-refractivity contribution in [1.29, 1.82) is 0 Å². The summed E-state index contributed by atoms with van der Waals surface area (Å²) in [6.45, 7) is -0.477. The molecule has 1 heterocycles. The van der Waals surface area contributed by atoms with E-state index >= 15 is 0 Å². The molecule has 20 heavy (non-hydrogen) atoms. The first-order valence-corrected chi connectivity index (χ1v) is 5.76. The predicted octanol–water partition coefficient (Wildman–Crippen LogP) is 1.01. The minimum atomic E-state index is -1.14. The second-order valence-corrected chi connectivity index (χ2v) is 3.96. The highest BCUT2D eigenvalue weighted by Gasteiger charge is 2.04. The number of hydrogen-bond acceptors (Lipinski definition) is 4. The summed E-state index contributed by atoms with van der Waals surface area (Å²) in [5.74, 6) is -1.74. The molecule has 102 valence electrons. The summed E-state index contributed by atoms with van der Waals surface area (Å²) in [6, 6.07) is 6.76. The van der Waals surface area contributed by atoms with Gasteiger partial charge >= 0.3 is 5.97 Å². The van der Waals surface area contributed by atoms with Crippen molar-refractivity contribution in [2.75, 3.05) is 6.54 Å². The average Bonchev–Trinajstić information content (AvgIpc) is 2.44. The molecule has 0 saturated heterocycles. The van der Waals surface area contributed by atoms with Gasteiger partial charge < -0.3 is 14.8 Å². The van der Waals surface area contributed by atoms with Crippen LogP contribution in [0.5, 0.6) is 0 Å². The molecular weight excluding hydrogens is 262 g/mol. The van der Waals surface area contributed by atoms with Gasteiger partial charge in [0.1, 0.15) is 18.4 Å². The van der Waals surface area contributed by atoms with Gasteiger partial charge in [-0.25, -0.2) is 0 Å². The Balaban J connectivity index is 2.22. The maximum absolute atomic E-state index is 12.1. The third kappa shape index (κ3) is 3.11. The minimum Gasteiger partial charge on any atom is -0.480 e. The Morgan fingerprint density at radius 3 is 2.80 bits per heavy atom. The van der Waals surface area contributed by atoms with Gasteiger partial charge in [0.15, 0.2) is 5.43 Å². The fraction of sp³-hybridized carbons (Fsp3) is 0.0714. The van der Waals surface area contributed by atoms with Gasteiger partial charge in [0.25, 0.3) is 0 Å². The van der Waals surface area contributed by atoms with Crippen molar-refractivity contribution in [3.05, 3.63) is 52.4 Å². The third-order valence-electron chi connectivity index (χ3n) is 2.53. The van der Waals surface area contributed by atoms with Gasteiger partial charge in [-0.1, -0.05) is 12.1 Å². The largest absolute Gasteiger partial charge is 0.480 e. The summed E-state index contributed by atoms with van der Waals surface area (Å²) >= 11 is 0. The highest BCUT2D eigenvalue weighted by Crippen LogP contribution is 2.10. The van der Waals surface area contributed by atoms with Crippen molar-refractivity contribution in [2.24, 2.45) is 0 Å². The number of aliphatic carboxylic acids is 1. The molecular formula is C14H11NO5. The molecule has 0 aliphatic heterocycles. The van der Waals surface area contributed by atoms with Crippen molar-refractivity contribution in [1.82, 2.24) is 5.32 Å². The van der Waals surface area contributed by atoms with Crippen molar-refractivity contribution in [3.8, 4) is 0 Å². The number of carboxylic acids is 1. The molecule has 0 bridgehead atoms. The zero-order valence-corrected chi connectivity index (χ0v) is 10.3. The number of carbonyl (C=O) groups excluding carboxylic acids is 1. The molecule has 0 unspecified atom stereocenters. The SMILES string of the molecule is O=C(O)CNC(=O)/C=C/c1coc2ccccc2c1=O. The van der Waals surface area contributed by atoms with Crippen LogP contribution in [-0.4, -0.2) is 23.5 Å². The van der Waals surface area contributed by atoms with Crippen LogP contribution in [0.15, 0.2) is 45.8 Å². The molecule has 1 aromatic carbocycles. The van der Waals surface area contributed by atoms with E-state index in [0.29, 0.717) is 11.0 Å². The van der Waals surface area contributed by atoms with E-state index in [4.69, 9.17) is 9.52 Å². The number of para-hydroxylation sites is 1. The van der Waals surface area contributed by atoms with Crippen molar-refractivity contribution < 1.29 is 19.1 Å². The number of amides is 1. The maximum Gasteiger partial charge on any atom is 0.322 e. The lowest BCUT2D eigenvalue weighted by molar-refractivity contribution is -0.137. The highest BCUT2D eigenvalue weighted by molar-refractivity contribution is 5.93. The highest BCUT2D eigenvalue weighted by atomic mass is 16.4. The predicted molar refractivity (Wildman–Crippen MR) is 72.2 cm³/mol. The van der Waals surface area contributed by atoms with Crippen molar-refractivity contribution >= 4 is 28.9 Å². The van der Waals surface area contributed by atoms with E-state index in [1.807, 2.05) is 0 Å². The maximum atomic E-state index is 12.1. The van der Waals surface area contributed by atoms with E-state index in [9.17, 15) is 14.4 Å². The number of fused-ring (bicyclic) bond motifs is 1. The van der Waals surface area contributed by atoms with Gasteiger partial charge in [-0.2, -0.15) is 0 Å². The fourth-order valence-corrected chi connectivity index (χ4v) is 1.60. The summed E-state index contributed by atoms with van der Waals surface area (Å²) in [5, 5.41) is 11.0. The number of nitrogens with one attached hydrogen (secondary N) is 1. The van der Waals surface area contributed by atoms with Crippen molar-refractivity contribution in [2.45, 2.75) is 0 Å². The summed E-state index contributed by atoms with van der Waals surface area (Å²) in [7, 11) is 0. The van der Waals surface area contributed by atoms with Gasteiger partial charge in [-0.15, -0.1) is 0 Å². The molecule has 0 fully saturated rings. The number of carbonyl (C=O) groups is 2. The quantitative estimate of drug-likeness (QED) is 0.810. The van der Waals surface area contributed by atoms with Crippen molar-refractivity contribution in [3.63, 3.8) is 0 Å². The lowest BCUT2D eigenvalue weighted by Gasteiger charge is -1.98. The van der Waals surface area contributed by atoms with Crippen LogP contribution in [0.3, 0.4) is 0 Å². The molecule has 0 saturated carbocycles. The van der Waals surface area contributed by atoms with Crippen LogP contribution in [0.1, 0.15) is 5.56 Å². The molecule has 1 amide bonds. The Bertz CT molecular complexity index is 745. The molecule has 6 heteroatoms. The van der Waals surface area contributed by atoms with E-state index < -0.39 is 18.4 Å². The topological polar surface area (TPSA) is 96.6 Å². The van der Waals surface area contributed by atoms with Gasteiger partial charge in [0, 0.05) is 6.08 Å². The molecule has 0 aliphatic carbocycles. The summed E-state index contributed by atoms with van der Waals surface area (Å²) in [5.41, 5.74) is 0.424. The number of hydrogen-bond donors (Lipinski definition) is 2.